The van der Waals surface area contributed by atoms with Crippen LogP contribution in [0.3, 0.4) is 0 Å². The Balaban J connectivity index is 1.89. The smallest absolute Gasteiger partial charge is 0.336 e. The van der Waals surface area contributed by atoms with Gasteiger partial charge in [0, 0.05) is 35.4 Å². The predicted octanol–water partition coefficient (Wildman–Crippen LogP) is 3.81. The average Bonchev–Trinajstić information content (AvgIpc) is 3.17. The predicted molar refractivity (Wildman–Crippen MR) is 105 cm³/mol. The summed E-state index contributed by atoms with van der Waals surface area (Å²) in [6.07, 6.45) is 0. The van der Waals surface area contributed by atoms with E-state index in [-0.39, 0.29) is 33.7 Å². The molecule has 0 atom stereocenters. The molecule has 0 aliphatic heterocycles. The summed E-state index contributed by atoms with van der Waals surface area (Å²) < 4.78 is 0. The Bertz CT molecular complexity index is 1330. The van der Waals surface area contributed by atoms with Gasteiger partial charge in [0.2, 0.25) is 0 Å². The van der Waals surface area contributed by atoms with Crippen LogP contribution in [0.15, 0.2) is 54.6 Å². The summed E-state index contributed by atoms with van der Waals surface area (Å²) in [6.45, 7) is 0. The van der Waals surface area contributed by atoms with Crippen LogP contribution < -0.4 is 0 Å². The quantitative estimate of drug-likeness (QED) is 0.373. The van der Waals surface area contributed by atoms with Crippen molar-refractivity contribution < 1.29 is 19.7 Å². The van der Waals surface area contributed by atoms with E-state index in [1.165, 1.54) is 48.5 Å². The Morgan fingerprint density at radius 3 is 2.27 bits per heavy atom. The molecule has 11 heteroatoms. The molecule has 0 radical (unpaired) electrons. The number of carboxylic acid groups (broad SMARTS) is 1. The molecule has 148 valence electrons. The zero-order valence-corrected chi connectivity index (χ0v) is 15.0. The first kappa shape index (κ1) is 18.7. The van der Waals surface area contributed by atoms with E-state index in [4.69, 9.17) is 0 Å². The maximum Gasteiger partial charge on any atom is 0.336 e. The van der Waals surface area contributed by atoms with Gasteiger partial charge < -0.3 is 5.11 Å². The molecule has 0 amide bonds. The number of nitro benzene ring substituents is 2. The fourth-order valence-electron chi connectivity index (χ4n) is 3.08. The van der Waals surface area contributed by atoms with Crippen LogP contribution >= 0.6 is 0 Å². The molecule has 2 N–H and O–H groups in total. The van der Waals surface area contributed by atoms with Gasteiger partial charge in [-0.25, -0.2) is 9.78 Å². The largest absolute Gasteiger partial charge is 0.478 e. The number of fused-ring (bicyclic) bond motifs is 1. The molecule has 0 aliphatic carbocycles. The summed E-state index contributed by atoms with van der Waals surface area (Å²) >= 11 is 0. The highest BCUT2D eigenvalue weighted by Crippen LogP contribution is 2.32. The molecule has 0 saturated heterocycles. The maximum absolute atomic E-state index is 11.9. The van der Waals surface area contributed by atoms with Crippen molar-refractivity contribution >= 4 is 28.4 Å². The minimum absolute atomic E-state index is 0.102. The van der Waals surface area contributed by atoms with Crippen LogP contribution in [0.1, 0.15) is 10.4 Å². The van der Waals surface area contributed by atoms with E-state index in [1.54, 1.807) is 6.07 Å². The molecule has 2 aromatic heterocycles. The van der Waals surface area contributed by atoms with Gasteiger partial charge in [-0.05, 0) is 18.2 Å². The van der Waals surface area contributed by atoms with Crippen molar-refractivity contribution in [1.82, 2.24) is 15.2 Å². The van der Waals surface area contributed by atoms with Crippen molar-refractivity contribution in [3.05, 3.63) is 80.4 Å². The highest BCUT2D eigenvalue weighted by atomic mass is 16.6. The second-order valence-electron chi connectivity index (χ2n) is 6.27. The van der Waals surface area contributed by atoms with E-state index >= 15 is 0 Å². The first-order valence-corrected chi connectivity index (χ1v) is 8.47. The minimum atomic E-state index is -1.24. The summed E-state index contributed by atoms with van der Waals surface area (Å²) in [6, 6.07) is 12.5. The fourth-order valence-corrected chi connectivity index (χ4v) is 3.08. The summed E-state index contributed by atoms with van der Waals surface area (Å²) in [5, 5.41) is 38.6. The Morgan fingerprint density at radius 2 is 1.63 bits per heavy atom. The SMILES string of the molecule is O=C(O)c1cc(-c2cccc([N+](=O)[O-])c2)nc2n[nH]c(-c3ccc([N+](=O)[O-])cc3)c12. The number of nitro groups is 2. The second kappa shape index (κ2) is 7.05. The molecule has 0 unspecified atom stereocenters. The number of non-ortho nitro benzene ring substituents is 2. The molecule has 0 fully saturated rings. The van der Waals surface area contributed by atoms with Gasteiger partial charge in [0.1, 0.15) is 0 Å². The molecular weight excluding hydrogens is 394 g/mol. The first-order chi connectivity index (χ1) is 14.3. The number of hydrogen-bond donors (Lipinski definition) is 2. The normalized spacial score (nSPS) is 10.8. The summed E-state index contributed by atoms with van der Waals surface area (Å²) in [5.41, 5.74) is 1.16. The monoisotopic (exact) mass is 405 g/mol. The van der Waals surface area contributed by atoms with Crippen LogP contribution in [0, 0.1) is 20.2 Å². The number of hydrogen-bond acceptors (Lipinski definition) is 7. The fraction of sp³-hybridized carbons (Fsp3) is 0. The van der Waals surface area contributed by atoms with Gasteiger partial charge in [-0.1, -0.05) is 12.1 Å². The van der Waals surface area contributed by atoms with Crippen LogP contribution in [-0.2, 0) is 0 Å². The van der Waals surface area contributed by atoms with Crippen LogP contribution in [0.2, 0.25) is 0 Å². The zero-order valence-electron chi connectivity index (χ0n) is 15.0. The number of pyridine rings is 1. The molecule has 4 aromatic rings. The number of H-pyrrole nitrogens is 1. The molecule has 0 bridgehead atoms. The third-order valence-corrected chi connectivity index (χ3v) is 4.47. The number of carbonyl (C=O) groups is 1. The summed E-state index contributed by atoms with van der Waals surface area (Å²) in [5.74, 6) is -1.24. The number of nitrogens with zero attached hydrogens (tertiary/aromatic N) is 4. The van der Waals surface area contributed by atoms with Gasteiger partial charge in [0.05, 0.1) is 32.2 Å². The molecule has 30 heavy (non-hydrogen) atoms. The van der Waals surface area contributed by atoms with Crippen LogP contribution in [0.5, 0.6) is 0 Å². The van der Waals surface area contributed by atoms with Gasteiger partial charge >= 0.3 is 5.97 Å². The van der Waals surface area contributed by atoms with E-state index in [9.17, 15) is 30.1 Å². The van der Waals surface area contributed by atoms with Gasteiger partial charge in [-0.3, -0.25) is 25.3 Å². The van der Waals surface area contributed by atoms with E-state index in [2.05, 4.69) is 15.2 Å². The van der Waals surface area contributed by atoms with Crippen LogP contribution in [0.4, 0.5) is 11.4 Å². The van der Waals surface area contributed by atoms with Gasteiger partial charge in [-0.15, -0.1) is 0 Å². The number of aromatic amines is 1. The highest BCUT2D eigenvalue weighted by molar-refractivity contribution is 6.08. The molecule has 2 aromatic carbocycles. The highest BCUT2D eigenvalue weighted by Gasteiger charge is 2.21. The topological polar surface area (TPSA) is 165 Å². The Hall–Kier alpha value is -4.67. The van der Waals surface area contributed by atoms with Gasteiger partial charge in [0.15, 0.2) is 5.65 Å². The van der Waals surface area contributed by atoms with E-state index < -0.39 is 15.8 Å². The average molecular weight is 405 g/mol. The zero-order chi connectivity index (χ0) is 21.4. The number of benzene rings is 2. The lowest BCUT2D eigenvalue weighted by Gasteiger charge is -2.06. The van der Waals surface area contributed by atoms with Crippen LogP contribution in [-0.4, -0.2) is 36.1 Å². The van der Waals surface area contributed by atoms with Gasteiger partial charge in [-0.2, -0.15) is 5.10 Å². The molecule has 11 nitrogen and oxygen atoms in total. The van der Waals surface area contributed by atoms with E-state index in [0.29, 0.717) is 16.8 Å². The van der Waals surface area contributed by atoms with E-state index in [0.717, 1.165) is 0 Å². The molecule has 0 spiro atoms. The standard InChI is InChI=1S/C19H11N5O6/c25-19(26)14-9-15(11-2-1-3-13(8-11)24(29)30)20-18-16(14)17(21-22-18)10-4-6-12(7-5-10)23(27)28/h1-9H,(H,25,26)(H,20,21,22). The molecule has 0 aliphatic rings. The number of nitrogens with one attached hydrogen (secondary N) is 1. The number of carboxylic acids is 1. The van der Waals surface area contributed by atoms with Crippen LogP contribution in [0.25, 0.3) is 33.5 Å². The lowest BCUT2D eigenvalue weighted by Crippen LogP contribution is -2.00. The Kier molecular flexibility index (Phi) is 4.39. The Morgan fingerprint density at radius 1 is 0.933 bits per heavy atom. The van der Waals surface area contributed by atoms with Crippen molar-refractivity contribution in [3.63, 3.8) is 0 Å². The third kappa shape index (κ3) is 3.20. The molecular formula is C19H11N5O6. The van der Waals surface area contributed by atoms with Crippen molar-refractivity contribution in [2.24, 2.45) is 0 Å². The lowest BCUT2D eigenvalue weighted by molar-refractivity contribution is -0.385. The first-order valence-electron chi connectivity index (χ1n) is 8.47. The van der Waals surface area contributed by atoms with E-state index in [1.807, 2.05) is 0 Å². The number of rotatable bonds is 5. The second-order valence-corrected chi connectivity index (χ2v) is 6.27. The molecule has 0 saturated carbocycles. The van der Waals surface area contributed by atoms with Crippen molar-refractivity contribution in [2.75, 3.05) is 0 Å². The maximum atomic E-state index is 11.9. The van der Waals surface area contributed by atoms with Crippen molar-refractivity contribution in [1.29, 1.82) is 0 Å². The number of aromatic carboxylic acids is 1. The van der Waals surface area contributed by atoms with Crippen molar-refractivity contribution in [3.8, 4) is 22.5 Å². The third-order valence-electron chi connectivity index (χ3n) is 4.47. The molecule has 4 rings (SSSR count). The van der Waals surface area contributed by atoms with Crippen molar-refractivity contribution in [2.45, 2.75) is 0 Å². The van der Waals surface area contributed by atoms with Gasteiger partial charge in [0.25, 0.3) is 11.4 Å². The summed E-state index contributed by atoms with van der Waals surface area (Å²) in [4.78, 5) is 37.1. The Labute approximate surface area is 166 Å². The number of aromatic nitrogens is 3. The summed E-state index contributed by atoms with van der Waals surface area (Å²) in [7, 11) is 0. The minimum Gasteiger partial charge on any atom is -0.478 e. The lowest BCUT2D eigenvalue weighted by atomic mass is 10.0. The molecule has 2 heterocycles.